The van der Waals surface area contributed by atoms with Crippen LogP contribution in [0.25, 0.3) is 6.08 Å². The number of ketones is 1. The van der Waals surface area contributed by atoms with Gasteiger partial charge in [0.05, 0.1) is 5.02 Å². The van der Waals surface area contributed by atoms with E-state index < -0.39 is 12.6 Å². The number of carbonyl (C=O) groups excluding carboxylic acids is 1. The number of allylic oxidation sites excluding steroid dienone is 1. The first-order chi connectivity index (χ1) is 11.0. The van der Waals surface area contributed by atoms with Crippen LogP contribution in [0.15, 0.2) is 48.5 Å². The zero-order valence-electron chi connectivity index (χ0n) is 11.8. The van der Waals surface area contributed by atoms with Gasteiger partial charge in [-0.15, -0.1) is 0 Å². The maximum Gasteiger partial charge on any atom is 0.341 e. The molecule has 0 bridgehead atoms. The van der Waals surface area contributed by atoms with Crippen molar-refractivity contribution in [3.63, 3.8) is 0 Å². The number of rotatable bonds is 6. The van der Waals surface area contributed by atoms with Gasteiger partial charge >= 0.3 is 5.97 Å². The van der Waals surface area contributed by atoms with Crippen LogP contribution in [0.4, 0.5) is 0 Å². The fourth-order valence-corrected chi connectivity index (χ4v) is 2.27. The van der Waals surface area contributed by atoms with E-state index in [1.807, 2.05) is 30.3 Å². The molecule has 2 aromatic rings. The van der Waals surface area contributed by atoms with Crippen LogP contribution in [-0.4, -0.2) is 23.5 Å². The van der Waals surface area contributed by atoms with E-state index in [2.05, 4.69) is 0 Å². The standard InChI is InChI=1S/C17H12Cl2O4/c18-16-12(7-9-14(17(16)19)23-10-15(21)22)13(20)8-6-11-4-2-1-3-5-11/h1-9H,10H2,(H,21,22)/b8-6+. The first kappa shape index (κ1) is 17.1. The molecule has 0 spiro atoms. The van der Waals surface area contributed by atoms with Crippen molar-refractivity contribution < 1.29 is 19.4 Å². The van der Waals surface area contributed by atoms with Gasteiger partial charge in [0.2, 0.25) is 0 Å². The van der Waals surface area contributed by atoms with Crippen LogP contribution in [-0.2, 0) is 4.79 Å². The van der Waals surface area contributed by atoms with Gasteiger partial charge in [-0.05, 0) is 23.8 Å². The highest BCUT2D eigenvalue weighted by Gasteiger charge is 2.15. The van der Waals surface area contributed by atoms with Gasteiger partial charge in [-0.25, -0.2) is 4.79 Å². The van der Waals surface area contributed by atoms with Gasteiger partial charge in [0.1, 0.15) is 10.8 Å². The van der Waals surface area contributed by atoms with Gasteiger partial charge < -0.3 is 9.84 Å². The molecule has 0 amide bonds. The Kier molecular flexibility index (Phi) is 5.79. The zero-order valence-corrected chi connectivity index (χ0v) is 13.3. The largest absolute Gasteiger partial charge is 0.480 e. The molecule has 0 aliphatic rings. The van der Waals surface area contributed by atoms with Crippen LogP contribution >= 0.6 is 23.2 Å². The van der Waals surface area contributed by atoms with Crippen LogP contribution in [0, 0.1) is 0 Å². The lowest BCUT2D eigenvalue weighted by atomic mass is 10.1. The molecule has 1 N–H and O–H groups in total. The smallest absolute Gasteiger partial charge is 0.341 e. The van der Waals surface area contributed by atoms with Crippen molar-refractivity contribution in [1.29, 1.82) is 0 Å². The lowest BCUT2D eigenvalue weighted by molar-refractivity contribution is -0.139. The Bertz CT molecular complexity index is 755. The third-order valence-electron chi connectivity index (χ3n) is 2.89. The molecule has 6 heteroatoms. The Morgan fingerprint density at radius 2 is 1.74 bits per heavy atom. The van der Waals surface area contributed by atoms with Crippen molar-refractivity contribution >= 4 is 41.0 Å². The molecule has 2 rings (SSSR count). The molecule has 0 radical (unpaired) electrons. The minimum absolute atomic E-state index is 0.00637. The number of halogens is 2. The van der Waals surface area contributed by atoms with E-state index in [0.717, 1.165) is 5.56 Å². The van der Waals surface area contributed by atoms with Gasteiger partial charge in [0.15, 0.2) is 12.4 Å². The molecule has 118 valence electrons. The second-order valence-corrected chi connectivity index (χ2v) is 5.29. The lowest BCUT2D eigenvalue weighted by Crippen LogP contribution is -2.10. The lowest BCUT2D eigenvalue weighted by Gasteiger charge is -2.09. The quantitative estimate of drug-likeness (QED) is 0.621. The van der Waals surface area contributed by atoms with Crippen LogP contribution < -0.4 is 4.74 Å². The molecule has 2 aromatic carbocycles. The molecular weight excluding hydrogens is 339 g/mol. The maximum absolute atomic E-state index is 12.2. The number of carbonyl (C=O) groups is 2. The first-order valence-corrected chi connectivity index (χ1v) is 7.34. The molecule has 0 fully saturated rings. The number of hydrogen-bond acceptors (Lipinski definition) is 3. The average molecular weight is 351 g/mol. The number of carboxylic acid groups (broad SMARTS) is 1. The van der Waals surface area contributed by atoms with Gasteiger partial charge in [-0.3, -0.25) is 4.79 Å². The molecule has 0 heterocycles. The van der Waals surface area contributed by atoms with Crippen LogP contribution in [0.1, 0.15) is 15.9 Å². The number of carboxylic acids is 1. The molecule has 0 saturated carbocycles. The first-order valence-electron chi connectivity index (χ1n) is 6.59. The monoisotopic (exact) mass is 350 g/mol. The Morgan fingerprint density at radius 3 is 2.39 bits per heavy atom. The van der Waals surface area contributed by atoms with E-state index in [9.17, 15) is 9.59 Å². The Labute approximate surface area is 142 Å². The van der Waals surface area contributed by atoms with Crippen molar-refractivity contribution in [2.45, 2.75) is 0 Å². The number of ether oxygens (including phenoxy) is 1. The molecular formula is C17H12Cl2O4. The average Bonchev–Trinajstić information content (AvgIpc) is 2.55. The third-order valence-corrected chi connectivity index (χ3v) is 3.75. The summed E-state index contributed by atoms with van der Waals surface area (Å²) in [4.78, 5) is 22.7. The predicted molar refractivity (Wildman–Crippen MR) is 89.4 cm³/mol. The van der Waals surface area contributed by atoms with Crippen LogP contribution in [0.5, 0.6) is 5.75 Å². The molecule has 0 unspecified atom stereocenters. The van der Waals surface area contributed by atoms with E-state index in [-0.39, 0.29) is 27.1 Å². The second kappa shape index (κ2) is 7.81. The van der Waals surface area contributed by atoms with E-state index in [1.165, 1.54) is 18.2 Å². The number of aliphatic carboxylic acids is 1. The SMILES string of the molecule is O=C(O)COc1ccc(C(=O)/C=C/c2ccccc2)c(Cl)c1Cl. The summed E-state index contributed by atoms with van der Waals surface area (Å²) < 4.78 is 5.00. The van der Waals surface area contributed by atoms with Gasteiger partial charge in [0.25, 0.3) is 0 Å². The second-order valence-electron chi connectivity index (χ2n) is 4.53. The minimum Gasteiger partial charge on any atom is -0.480 e. The van der Waals surface area contributed by atoms with Crippen molar-refractivity contribution in [2.75, 3.05) is 6.61 Å². The summed E-state index contributed by atoms with van der Waals surface area (Å²) in [5, 5.41) is 8.62. The summed E-state index contributed by atoms with van der Waals surface area (Å²) in [6, 6.07) is 12.2. The molecule has 23 heavy (non-hydrogen) atoms. The van der Waals surface area contributed by atoms with Gasteiger partial charge in [-0.1, -0.05) is 59.6 Å². The number of benzene rings is 2. The van der Waals surface area contributed by atoms with E-state index >= 15 is 0 Å². The summed E-state index contributed by atoms with van der Waals surface area (Å²) in [5.74, 6) is -1.34. The van der Waals surface area contributed by atoms with E-state index in [0.29, 0.717) is 0 Å². The summed E-state index contributed by atoms with van der Waals surface area (Å²) in [5.41, 5.74) is 1.09. The highest BCUT2D eigenvalue weighted by atomic mass is 35.5. The van der Waals surface area contributed by atoms with Crippen molar-refractivity contribution in [2.24, 2.45) is 0 Å². The van der Waals surface area contributed by atoms with Crippen LogP contribution in [0.2, 0.25) is 10.0 Å². The van der Waals surface area contributed by atoms with E-state index in [1.54, 1.807) is 6.08 Å². The van der Waals surface area contributed by atoms with Crippen molar-refractivity contribution in [1.82, 2.24) is 0 Å². The Hall–Kier alpha value is -2.30. The fourth-order valence-electron chi connectivity index (χ4n) is 1.80. The Morgan fingerprint density at radius 1 is 1.04 bits per heavy atom. The predicted octanol–water partition coefficient (Wildman–Crippen LogP) is 4.35. The summed E-state index contributed by atoms with van der Waals surface area (Å²) in [6.45, 7) is -0.544. The van der Waals surface area contributed by atoms with E-state index in [4.69, 9.17) is 33.0 Å². The van der Waals surface area contributed by atoms with Crippen LogP contribution in [0.3, 0.4) is 0 Å². The third kappa shape index (κ3) is 4.58. The Balaban J connectivity index is 2.19. The number of hydrogen-bond donors (Lipinski definition) is 1. The highest BCUT2D eigenvalue weighted by molar-refractivity contribution is 6.45. The molecule has 4 nitrogen and oxygen atoms in total. The minimum atomic E-state index is -1.14. The summed E-state index contributed by atoms with van der Waals surface area (Å²) in [6.07, 6.45) is 3.06. The maximum atomic E-state index is 12.2. The molecule has 0 saturated heterocycles. The molecule has 0 aromatic heterocycles. The van der Waals surface area contributed by atoms with Crippen molar-refractivity contribution in [3.8, 4) is 5.75 Å². The molecule has 0 aliphatic carbocycles. The van der Waals surface area contributed by atoms with Crippen molar-refractivity contribution in [3.05, 3.63) is 69.7 Å². The summed E-state index contributed by atoms with van der Waals surface area (Å²) in [7, 11) is 0. The molecule has 0 aliphatic heterocycles. The summed E-state index contributed by atoms with van der Waals surface area (Å²) >= 11 is 12.1. The van der Waals surface area contributed by atoms with Gasteiger partial charge in [-0.2, -0.15) is 0 Å². The zero-order chi connectivity index (χ0) is 16.8. The topological polar surface area (TPSA) is 63.6 Å². The highest BCUT2D eigenvalue weighted by Crippen LogP contribution is 2.35. The molecule has 0 atom stereocenters. The normalized spacial score (nSPS) is 10.7. The fraction of sp³-hybridized carbons (Fsp3) is 0.0588. The van der Waals surface area contributed by atoms with Gasteiger partial charge in [0, 0.05) is 5.56 Å².